The van der Waals surface area contributed by atoms with Crippen LogP contribution in [0.2, 0.25) is 0 Å². The van der Waals surface area contributed by atoms with Gasteiger partial charge in [-0.15, -0.1) is 16.2 Å². The van der Waals surface area contributed by atoms with Gasteiger partial charge in [0.25, 0.3) is 10.0 Å². The van der Waals surface area contributed by atoms with Gasteiger partial charge < -0.3 is 0 Å². The fourth-order valence-corrected chi connectivity index (χ4v) is 5.64. The fraction of sp³-hybridized carbons (Fsp3) is 0.300. The second-order valence-corrected chi connectivity index (χ2v) is 8.12. The number of hydrogen-bond acceptors (Lipinski definition) is 4. The third-order valence-electron chi connectivity index (χ3n) is 2.44. The average molecular weight is 273 g/mol. The maximum Gasteiger partial charge on any atom is 0.274 e. The molecule has 0 spiro atoms. The highest BCUT2D eigenvalue weighted by Gasteiger charge is 2.47. The molecule has 0 N–H and O–H groups in total. The van der Waals surface area contributed by atoms with Gasteiger partial charge in [-0.3, -0.25) is 0 Å². The van der Waals surface area contributed by atoms with E-state index < -0.39 is 14.1 Å². The molecule has 0 aliphatic carbocycles. The van der Waals surface area contributed by atoms with Gasteiger partial charge in [-0.1, -0.05) is 42.1 Å². The lowest BCUT2D eigenvalue weighted by Gasteiger charge is -2.20. The number of hydrogen-bond donors (Lipinski definition) is 0. The van der Waals surface area contributed by atoms with Crippen LogP contribution in [0, 0.1) is 0 Å². The van der Waals surface area contributed by atoms with Crippen LogP contribution in [0.5, 0.6) is 0 Å². The van der Waals surface area contributed by atoms with Crippen LogP contribution in [0.4, 0.5) is 0 Å². The Hall–Kier alpha value is -0.460. The van der Waals surface area contributed by atoms with Gasteiger partial charge in [0, 0.05) is 0 Å². The lowest BCUT2D eigenvalue weighted by Crippen LogP contribution is -2.23. The van der Waals surface area contributed by atoms with Crippen molar-refractivity contribution in [1.29, 1.82) is 0 Å². The van der Waals surface area contributed by atoms with Crippen molar-refractivity contribution in [3.63, 3.8) is 0 Å². The van der Waals surface area contributed by atoms with Crippen molar-refractivity contribution >= 4 is 37.9 Å². The summed E-state index contributed by atoms with van der Waals surface area (Å²) in [6, 6.07) is 9.20. The summed E-state index contributed by atoms with van der Waals surface area (Å²) in [5.41, 5.74) is 0.771. The molecule has 0 radical (unpaired) electrons. The monoisotopic (exact) mass is 273 g/mol. The Bertz CT molecular complexity index is 524. The molecule has 1 heterocycles. The van der Waals surface area contributed by atoms with Crippen molar-refractivity contribution in [3.8, 4) is 0 Å². The molecule has 3 nitrogen and oxygen atoms in total. The van der Waals surface area contributed by atoms with Crippen LogP contribution in [0.3, 0.4) is 0 Å². The zero-order chi connectivity index (χ0) is 11.8. The van der Waals surface area contributed by atoms with E-state index in [4.69, 9.17) is 0 Å². The van der Waals surface area contributed by atoms with Crippen molar-refractivity contribution in [1.82, 2.24) is 0 Å². The summed E-state index contributed by atoms with van der Waals surface area (Å²) in [4.78, 5) is 0. The number of sulfonamides is 1. The van der Waals surface area contributed by atoms with E-state index in [1.54, 1.807) is 6.92 Å². The largest absolute Gasteiger partial charge is 0.274 e. The molecule has 16 heavy (non-hydrogen) atoms. The Balaban J connectivity index is 2.51. The lowest BCUT2D eigenvalue weighted by molar-refractivity contribution is 0.584. The minimum Gasteiger partial charge on any atom is -0.203 e. The van der Waals surface area contributed by atoms with Crippen LogP contribution in [0.1, 0.15) is 12.5 Å². The van der Waals surface area contributed by atoms with Gasteiger partial charge in [0.1, 0.15) is 4.38 Å². The molecular weight excluding hydrogens is 262 g/mol. The predicted octanol–water partition coefficient (Wildman–Crippen LogP) is 2.65. The molecule has 1 atom stereocenters. The van der Waals surface area contributed by atoms with Crippen LogP contribution in [-0.4, -0.2) is 19.0 Å². The topological polar surface area (TPSA) is 46.5 Å². The minimum atomic E-state index is -3.47. The van der Waals surface area contributed by atoms with E-state index in [1.165, 1.54) is 23.5 Å². The van der Waals surface area contributed by atoms with E-state index in [0.29, 0.717) is 4.38 Å². The third kappa shape index (κ3) is 1.78. The molecule has 1 aromatic rings. The first kappa shape index (κ1) is 12.0. The summed E-state index contributed by atoms with van der Waals surface area (Å²) >= 11 is 2.66. The predicted molar refractivity (Wildman–Crippen MR) is 71.3 cm³/mol. The van der Waals surface area contributed by atoms with Crippen molar-refractivity contribution in [2.75, 3.05) is 6.26 Å². The smallest absolute Gasteiger partial charge is 0.203 e. The molecule has 86 valence electrons. The second kappa shape index (κ2) is 4.09. The molecule has 0 saturated carbocycles. The average Bonchev–Trinajstić information content (AvgIpc) is 2.52. The Kier molecular flexibility index (Phi) is 3.07. The highest BCUT2D eigenvalue weighted by atomic mass is 32.3. The highest BCUT2D eigenvalue weighted by molar-refractivity contribution is 8.43. The Morgan fingerprint density at radius 1 is 1.31 bits per heavy atom. The normalized spacial score (nSPS) is 27.8. The Labute approximate surface area is 104 Å². The van der Waals surface area contributed by atoms with Crippen LogP contribution >= 0.6 is 23.5 Å². The first-order chi connectivity index (χ1) is 7.49. The van der Waals surface area contributed by atoms with Gasteiger partial charge in [0.05, 0.1) is 0 Å². The molecule has 0 aromatic heterocycles. The molecule has 2 rings (SSSR count). The summed E-state index contributed by atoms with van der Waals surface area (Å²) in [6.07, 6.45) is 1.83. The molecular formula is C10H11NO2S3. The molecule has 1 unspecified atom stereocenters. The molecule has 0 fully saturated rings. The number of thioether (sulfide) groups is 2. The van der Waals surface area contributed by atoms with E-state index in [2.05, 4.69) is 4.40 Å². The van der Waals surface area contributed by atoms with Crippen molar-refractivity contribution in [3.05, 3.63) is 35.9 Å². The van der Waals surface area contributed by atoms with Gasteiger partial charge in [-0.2, -0.15) is 0 Å². The van der Waals surface area contributed by atoms with E-state index >= 15 is 0 Å². The summed E-state index contributed by atoms with van der Waals surface area (Å²) in [5, 5.41) is 0. The van der Waals surface area contributed by atoms with Crippen LogP contribution in [-0.2, 0) is 14.1 Å². The fourth-order valence-electron chi connectivity index (χ4n) is 1.45. The van der Waals surface area contributed by atoms with Gasteiger partial charge in [-0.05, 0) is 18.7 Å². The Morgan fingerprint density at radius 3 is 2.44 bits per heavy atom. The van der Waals surface area contributed by atoms with Gasteiger partial charge in [0.2, 0.25) is 0 Å². The maximum absolute atomic E-state index is 12.0. The molecule has 0 saturated heterocycles. The summed E-state index contributed by atoms with van der Waals surface area (Å²) in [6.45, 7) is 1.70. The molecule has 0 bridgehead atoms. The quantitative estimate of drug-likeness (QED) is 0.789. The molecule has 1 aromatic carbocycles. The Morgan fingerprint density at radius 2 is 1.94 bits per heavy atom. The van der Waals surface area contributed by atoms with Gasteiger partial charge >= 0.3 is 0 Å². The lowest BCUT2D eigenvalue weighted by atomic mass is 10.2. The third-order valence-corrected chi connectivity index (χ3v) is 7.28. The van der Waals surface area contributed by atoms with Crippen molar-refractivity contribution in [2.45, 2.75) is 11.0 Å². The first-order valence-corrected chi connectivity index (χ1v) is 8.11. The standard InChI is InChI=1S/C10H11NO2S3/c1-10(8-6-4-3-5-7-8)15-9(14-2)11-16(10,12)13/h3-7H,1-2H3. The number of nitrogens with zero attached hydrogens (tertiary/aromatic N) is 1. The van der Waals surface area contributed by atoms with Crippen LogP contribution < -0.4 is 0 Å². The summed E-state index contributed by atoms with van der Waals surface area (Å²) in [5.74, 6) is 0. The van der Waals surface area contributed by atoms with Crippen LogP contribution in [0.15, 0.2) is 34.7 Å². The molecule has 6 heteroatoms. The maximum atomic E-state index is 12.0. The van der Waals surface area contributed by atoms with Crippen molar-refractivity contribution in [2.24, 2.45) is 4.40 Å². The van der Waals surface area contributed by atoms with E-state index in [9.17, 15) is 8.42 Å². The van der Waals surface area contributed by atoms with E-state index in [-0.39, 0.29) is 0 Å². The van der Waals surface area contributed by atoms with E-state index in [0.717, 1.165) is 5.56 Å². The second-order valence-electron chi connectivity index (χ2n) is 3.45. The minimum absolute atomic E-state index is 0.603. The zero-order valence-electron chi connectivity index (χ0n) is 8.88. The first-order valence-electron chi connectivity index (χ1n) is 4.62. The van der Waals surface area contributed by atoms with E-state index in [1.807, 2.05) is 36.6 Å². The van der Waals surface area contributed by atoms with Gasteiger partial charge in [-0.25, -0.2) is 8.42 Å². The van der Waals surface area contributed by atoms with Gasteiger partial charge in [0.15, 0.2) is 4.08 Å². The highest BCUT2D eigenvalue weighted by Crippen LogP contribution is 2.49. The molecule has 0 amide bonds. The van der Waals surface area contributed by atoms with Crippen molar-refractivity contribution < 1.29 is 8.42 Å². The van der Waals surface area contributed by atoms with Crippen LogP contribution in [0.25, 0.3) is 0 Å². The molecule has 1 aliphatic rings. The summed E-state index contributed by atoms with van der Waals surface area (Å²) in [7, 11) is -3.47. The summed E-state index contributed by atoms with van der Waals surface area (Å²) < 4.78 is 27.5. The zero-order valence-corrected chi connectivity index (χ0v) is 11.3. The molecule has 1 aliphatic heterocycles. The number of rotatable bonds is 1. The SMILES string of the molecule is CSC1=NS(=O)(=O)C(C)(c2ccccc2)S1. The number of benzene rings is 1.